The van der Waals surface area contributed by atoms with Crippen LogP contribution in [0.15, 0.2) is 41.8 Å². The van der Waals surface area contributed by atoms with Gasteiger partial charge in [0.25, 0.3) is 0 Å². The summed E-state index contributed by atoms with van der Waals surface area (Å²) in [5, 5.41) is 24.5. The van der Waals surface area contributed by atoms with Crippen molar-refractivity contribution >= 4 is 35.1 Å². The zero-order valence-corrected chi connectivity index (χ0v) is 27.5. The molecule has 44 heavy (non-hydrogen) atoms. The van der Waals surface area contributed by atoms with Crippen LogP contribution in [0.3, 0.4) is 0 Å². The molecule has 2 bridgehead atoms. The van der Waals surface area contributed by atoms with Crippen LogP contribution in [0.5, 0.6) is 0 Å². The number of aliphatic hydroxyl groups is 2. The molecule has 1 amide bonds. The normalized spacial score (nSPS) is 37.9. The number of amides is 1. The van der Waals surface area contributed by atoms with Crippen molar-refractivity contribution in [3.05, 3.63) is 36.9 Å². The number of carbonyl (C=O) groups excluding carboxylic acids is 3. The highest BCUT2D eigenvalue weighted by Gasteiger charge is 2.68. The Hall–Kier alpha value is -2.20. The van der Waals surface area contributed by atoms with Gasteiger partial charge in [-0.25, -0.2) is 0 Å². The summed E-state index contributed by atoms with van der Waals surface area (Å²) in [5.41, 5.74) is -0.902. The number of thioether (sulfide) groups is 1. The molecule has 4 fully saturated rings. The molecule has 4 aliphatic rings. The first-order valence-corrected chi connectivity index (χ1v) is 17.3. The van der Waals surface area contributed by atoms with Gasteiger partial charge in [-0.2, -0.15) is 0 Å². The van der Waals surface area contributed by atoms with Crippen LogP contribution in [0.4, 0.5) is 5.69 Å². The van der Waals surface area contributed by atoms with E-state index in [4.69, 9.17) is 4.74 Å². The van der Waals surface area contributed by atoms with Crippen LogP contribution in [0.1, 0.15) is 72.6 Å². The van der Waals surface area contributed by atoms with Crippen molar-refractivity contribution < 1.29 is 29.3 Å². The van der Waals surface area contributed by atoms with Crippen molar-refractivity contribution in [2.24, 2.45) is 34.0 Å². The quantitative estimate of drug-likeness (QED) is 0.208. The SMILES string of the molecule is C=C[C@]1(C)C[C@@H](OC(=O)CSc2ccccc2NC(=O)CN2CCC(O)CC2)[C@]2(C)[C@H](C)CC[C@]3(CCC(=O)[C@H]32)[C@@H](C)[C@@H]1O. The van der Waals surface area contributed by atoms with Crippen molar-refractivity contribution in [3.8, 4) is 0 Å². The number of esters is 1. The number of hydrogen-bond donors (Lipinski definition) is 3. The molecule has 8 nitrogen and oxygen atoms in total. The molecule has 5 rings (SSSR count). The molecule has 3 aliphatic carbocycles. The summed E-state index contributed by atoms with van der Waals surface area (Å²) in [7, 11) is 0. The van der Waals surface area contributed by atoms with Gasteiger partial charge in [-0.1, -0.05) is 45.9 Å². The second-order valence-electron chi connectivity index (χ2n) is 14.4. The van der Waals surface area contributed by atoms with Crippen LogP contribution < -0.4 is 5.32 Å². The summed E-state index contributed by atoms with van der Waals surface area (Å²) in [4.78, 5) is 42.9. The third-order valence-electron chi connectivity index (χ3n) is 12.0. The summed E-state index contributed by atoms with van der Waals surface area (Å²) in [6.45, 7) is 14.1. The topological polar surface area (TPSA) is 116 Å². The first kappa shape index (κ1) is 33.2. The number of rotatable bonds is 8. The molecule has 1 aromatic rings. The lowest BCUT2D eigenvalue weighted by molar-refractivity contribution is -0.205. The number of nitrogens with zero attached hydrogens (tertiary/aromatic N) is 1. The summed E-state index contributed by atoms with van der Waals surface area (Å²) >= 11 is 1.32. The van der Waals surface area contributed by atoms with Gasteiger partial charge in [-0.3, -0.25) is 19.3 Å². The van der Waals surface area contributed by atoms with E-state index < -0.39 is 23.0 Å². The molecule has 0 spiro atoms. The van der Waals surface area contributed by atoms with E-state index in [9.17, 15) is 24.6 Å². The number of piperidine rings is 1. The van der Waals surface area contributed by atoms with Gasteiger partial charge >= 0.3 is 5.97 Å². The zero-order valence-electron chi connectivity index (χ0n) is 26.7. The van der Waals surface area contributed by atoms with Crippen LogP contribution in [0.2, 0.25) is 0 Å². The van der Waals surface area contributed by atoms with Gasteiger partial charge in [-0.05, 0) is 67.9 Å². The Morgan fingerprint density at radius 1 is 1.14 bits per heavy atom. The molecule has 1 aliphatic heterocycles. The van der Waals surface area contributed by atoms with E-state index in [0.29, 0.717) is 44.5 Å². The predicted octanol–water partition coefficient (Wildman–Crippen LogP) is 5.08. The van der Waals surface area contributed by atoms with Gasteiger partial charge in [0, 0.05) is 41.2 Å². The van der Waals surface area contributed by atoms with E-state index in [1.165, 1.54) is 11.8 Å². The number of para-hydroxylation sites is 1. The van der Waals surface area contributed by atoms with Gasteiger partial charge in [0.15, 0.2) is 0 Å². The molecule has 0 radical (unpaired) electrons. The number of aliphatic hydroxyl groups excluding tert-OH is 2. The van der Waals surface area contributed by atoms with E-state index in [0.717, 1.165) is 24.2 Å². The minimum Gasteiger partial charge on any atom is -0.461 e. The van der Waals surface area contributed by atoms with Crippen LogP contribution >= 0.6 is 11.8 Å². The summed E-state index contributed by atoms with van der Waals surface area (Å²) in [5.74, 6) is -0.392. The molecule has 8 atom stereocenters. The lowest BCUT2D eigenvalue weighted by Crippen LogP contribution is -2.63. The number of Topliss-reactive ketones (excluding diaryl/α,β-unsaturated/α-hetero) is 1. The number of ether oxygens (including phenoxy) is 1. The van der Waals surface area contributed by atoms with Gasteiger partial charge in [0.05, 0.1) is 30.2 Å². The van der Waals surface area contributed by atoms with E-state index in [2.05, 4.69) is 32.7 Å². The molecule has 242 valence electrons. The molecular formula is C35H50N2O6S. The van der Waals surface area contributed by atoms with Crippen LogP contribution in [-0.4, -0.2) is 76.5 Å². The Bertz CT molecular complexity index is 1270. The van der Waals surface area contributed by atoms with Crippen molar-refractivity contribution in [3.63, 3.8) is 0 Å². The second-order valence-corrected chi connectivity index (χ2v) is 15.4. The number of ketones is 1. The van der Waals surface area contributed by atoms with Gasteiger partial charge in [0.2, 0.25) is 5.91 Å². The number of nitrogens with one attached hydrogen (secondary N) is 1. The highest BCUT2D eigenvalue weighted by molar-refractivity contribution is 8.00. The molecular weight excluding hydrogens is 576 g/mol. The molecule has 3 N–H and O–H groups in total. The van der Waals surface area contributed by atoms with Crippen LogP contribution in [-0.2, 0) is 19.1 Å². The molecule has 3 saturated carbocycles. The van der Waals surface area contributed by atoms with Gasteiger partial charge < -0.3 is 20.3 Å². The summed E-state index contributed by atoms with van der Waals surface area (Å²) in [6.07, 6.45) is 5.09. The summed E-state index contributed by atoms with van der Waals surface area (Å²) in [6, 6.07) is 7.43. The van der Waals surface area contributed by atoms with Gasteiger partial charge in [0.1, 0.15) is 11.9 Å². The largest absolute Gasteiger partial charge is 0.461 e. The van der Waals surface area contributed by atoms with E-state index in [-0.39, 0.29) is 59.2 Å². The standard InChI is InChI=1S/C35H50N2O6S/c1-6-33(4)19-28(34(5)22(2)11-15-35(23(3)32(33)42)16-12-26(39)31(34)35)43-30(41)21-44-27-10-8-7-9-25(27)36-29(40)20-37-17-13-24(38)14-18-37/h6-10,22-24,28,31-32,38,42H,1,11-21H2,2-5H3,(H,36,40)/t22-,23+,28-,31+,32+,33-,34+,35+/m1/s1. The fraction of sp³-hybridized carbons (Fsp3) is 0.686. The number of hydrogen-bond acceptors (Lipinski definition) is 8. The highest BCUT2D eigenvalue weighted by Crippen LogP contribution is 2.68. The smallest absolute Gasteiger partial charge is 0.316 e. The molecule has 0 aromatic heterocycles. The predicted molar refractivity (Wildman–Crippen MR) is 172 cm³/mol. The van der Waals surface area contributed by atoms with E-state index in [1.807, 2.05) is 42.2 Å². The number of anilines is 1. The molecule has 9 heteroatoms. The zero-order chi connectivity index (χ0) is 31.9. The van der Waals surface area contributed by atoms with E-state index in [1.54, 1.807) is 0 Å². The lowest BCUT2D eigenvalue weighted by Gasteiger charge is -2.61. The Kier molecular flexibility index (Phi) is 9.72. The minimum absolute atomic E-state index is 0.0470. The molecule has 1 saturated heterocycles. The molecule has 0 unspecified atom stereocenters. The molecule has 1 heterocycles. The highest BCUT2D eigenvalue weighted by atomic mass is 32.2. The minimum atomic E-state index is -0.701. The Labute approximate surface area is 266 Å². The monoisotopic (exact) mass is 626 g/mol. The third kappa shape index (κ3) is 6.02. The Balaban J connectivity index is 1.32. The maximum absolute atomic E-state index is 13.6. The van der Waals surface area contributed by atoms with Crippen molar-refractivity contribution in [1.29, 1.82) is 0 Å². The van der Waals surface area contributed by atoms with Crippen LogP contribution in [0, 0.1) is 34.0 Å². The molecule has 1 aromatic carbocycles. The van der Waals surface area contributed by atoms with E-state index >= 15 is 0 Å². The maximum Gasteiger partial charge on any atom is 0.316 e. The maximum atomic E-state index is 13.6. The number of likely N-dealkylation sites (tertiary alicyclic amines) is 1. The average molecular weight is 627 g/mol. The van der Waals surface area contributed by atoms with Gasteiger partial charge in [-0.15, -0.1) is 18.3 Å². The third-order valence-corrected chi connectivity index (χ3v) is 13.1. The second kappa shape index (κ2) is 12.9. The van der Waals surface area contributed by atoms with Crippen molar-refractivity contribution in [2.75, 3.05) is 30.7 Å². The van der Waals surface area contributed by atoms with Crippen LogP contribution in [0.25, 0.3) is 0 Å². The first-order chi connectivity index (χ1) is 20.8. The first-order valence-electron chi connectivity index (χ1n) is 16.3. The fourth-order valence-corrected chi connectivity index (χ4v) is 9.79. The fourth-order valence-electron chi connectivity index (χ4n) is 9.00. The number of carbonyl (C=O) groups is 3. The number of benzene rings is 1. The Morgan fingerprint density at radius 3 is 2.55 bits per heavy atom. The van der Waals surface area contributed by atoms with Crippen molar-refractivity contribution in [1.82, 2.24) is 4.90 Å². The average Bonchev–Trinajstić information content (AvgIpc) is 3.36. The lowest BCUT2D eigenvalue weighted by atomic mass is 9.44. The Morgan fingerprint density at radius 2 is 1.84 bits per heavy atom. The summed E-state index contributed by atoms with van der Waals surface area (Å²) < 4.78 is 6.39. The van der Waals surface area contributed by atoms with Crippen molar-refractivity contribution in [2.45, 2.75) is 95.8 Å².